The lowest BCUT2D eigenvalue weighted by Gasteiger charge is -2.57. The fourth-order valence-corrected chi connectivity index (χ4v) is 5.53. The Labute approximate surface area is 149 Å². The minimum absolute atomic E-state index is 0.0899. The summed E-state index contributed by atoms with van der Waals surface area (Å²) in [5, 5.41) is 0. The standard InChI is InChI=1S/C21H28O4/c1-14-6-7-18-20(2,9-5-10-21(18,3)19(23)24-4)16(14)12-17(22)15-8-11-25-13-15/h8,11,13,16,18H,1,5-7,9-10,12H2,2-4H3/t16-,18-,20+,21-/m1/s1. The number of furan rings is 1. The van der Waals surface area contributed by atoms with Gasteiger partial charge in [0.25, 0.3) is 0 Å². The molecule has 0 aromatic carbocycles. The average Bonchev–Trinajstić information content (AvgIpc) is 3.11. The van der Waals surface area contributed by atoms with Crippen LogP contribution in [0.4, 0.5) is 0 Å². The van der Waals surface area contributed by atoms with E-state index >= 15 is 0 Å². The molecule has 136 valence electrons. The van der Waals surface area contributed by atoms with Gasteiger partial charge < -0.3 is 9.15 Å². The fourth-order valence-electron chi connectivity index (χ4n) is 5.53. The Balaban J connectivity index is 1.91. The summed E-state index contributed by atoms with van der Waals surface area (Å²) in [5.74, 6) is 0.287. The summed E-state index contributed by atoms with van der Waals surface area (Å²) < 4.78 is 10.2. The first-order chi connectivity index (χ1) is 11.8. The second-order valence-electron chi connectivity index (χ2n) is 8.21. The second kappa shape index (κ2) is 6.47. The molecule has 2 aliphatic rings. The molecule has 4 nitrogen and oxygen atoms in total. The predicted octanol–water partition coefficient (Wildman–Crippen LogP) is 4.80. The monoisotopic (exact) mass is 344 g/mol. The Hall–Kier alpha value is -1.84. The number of carbonyl (C=O) groups excluding carboxylic acids is 2. The van der Waals surface area contributed by atoms with Crippen LogP contribution in [0.2, 0.25) is 0 Å². The molecule has 2 fully saturated rings. The Bertz CT molecular complexity index is 674. The number of hydrogen-bond donors (Lipinski definition) is 0. The van der Waals surface area contributed by atoms with E-state index in [0.717, 1.165) is 37.7 Å². The van der Waals surface area contributed by atoms with Crippen LogP contribution in [-0.4, -0.2) is 18.9 Å². The molecule has 0 N–H and O–H groups in total. The molecule has 4 atom stereocenters. The molecular weight excluding hydrogens is 316 g/mol. The van der Waals surface area contributed by atoms with Crippen LogP contribution in [-0.2, 0) is 9.53 Å². The minimum Gasteiger partial charge on any atom is -0.472 e. The van der Waals surface area contributed by atoms with Gasteiger partial charge in [0.05, 0.1) is 24.4 Å². The lowest BCUT2D eigenvalue weighted by atomic mass is 9.46. The van der Waals surface area contributed by atoms with Crippen LogP contribution in [0, 0.1) is 22.7 Å². The van der Waals surface area contributed by atoms with Gasteiger partial charge in [-0.15, -0.1) is 0 Å². The van der Waals surface area contributed by atoms with Crippen LogP contribution in [0.15, 0.2) is 35.2 Å². The van der Waals surface area contributed by atoms with Crippen molar-refractivity contribution in [3.05, 3.63) is 36.3 Å². The Morgan fingerprint density at radius 1 is 1.36 bits per heavy atom. The maximum absolute atomic E-state index is 12.7. The van der Waals surface area contributed by atoms with Gasteiger partial charge in [0.1, 0.15) is 6.26 Å². The highest BCUT2D eigenvalue weighted by Crippen LogP contribution is 2.62. The molecule has 4 heteroatoms. The van der Waals surface area contributed by atoms with Crippen molar-refractivity contribution in [2.24, 2.45) is 22.7 Å². The molecule has 25 heavy (non-hydrogen) atoms. The van der Waals surface area contributed by atoms with Crippen LogP contribution < -0.4 is 0 Å². The van der Waals surface area contributed by atoms with Gasteiger partial charge in [0, 0.05) is 6.42 Å². The molecule has 0 aliphatic heterocycles. The summed E-state index contributed by atoms with van der Waals surface area (Å²) in [4.78, 5) is 25.3. The highest BCUT2D eigenvalue weighted by Gasteiger charge is 2.58. The Morgan fingerprint density at radius 2 is 2.12 bits per heavy atom. The van der Waals surface area contributed by atoms with Crippen LogP contribution in [0.1, 0.15) is 62.7 Å². The molecule has 0 spiro atoms. The van der Waals surface area contributed by atoms with Gasteiger partial charge in [-0.1, -0.05) is 25.5 Å². The van der Waals surface area contributed by atoms with Crippen LogP contribution in [0.3, 0.4) is 0 Å². The number of ether oxygens (including phenoxy) is 1. The number of allylic oxidation sites excluding steroid dienone is 1. The van der Waals surface area contributed by atoms with Crippen molar-refractivity contribution in [3.63, 3.8) is 0 Å². The summed E-state index contributed by atoms with van der Waals surface area (Å²) in [6, 6.07) is 1.72. The van der Waals surface area contributed by atoms with Crippen molar-refractivity contribution in [1.29, 1.82) is 0 Å². The molecule has 1 aromatic rings. The van der Waals surface area contributed by atoms with Crippen molar-refractivity contribution in [3.8, 4) is 0 Å². The topological polar surface area (TPSA) is 56.5 Å². The van der Waals surface area contributed by atoms with Gasteiger partial charge >= 0.3 is 5.97 Å². The Morgan fingerprint density at radius 3 is 2.76 bits per heavy atom. The third kappa shape index (κ3) is 2.86. The van der Waals surface area contributed by atoms with E-state index in [1.807, 2.05) is 6.92 Å². The van der Waals surface area contributed by atoms with E-state index in [2.05, 4.69) is 13.5 Å². The van der Waals surface area contributed by atoms with E-state index in [1.165, 1.54) is 19.6 Å². The van der Waals surface area contributed by atoms with Crippen molar-refractivity contribution in [2.45, 2.75) is 52.4 Å². The number of esters is 1. The number of hydrogen-bond acceptors (Lipinski definition) is 4. The molecule has 1 aromatic heterocycles. The van der Waals surface area contributed by atoms with Crippen molar-refractivity contribution in [1.82, 2.24) is 0 Å². The van der Waals surface area contributed by atoms with Crippen molar-refractivity contribution < 1.29 is 18.7 Å². The summed E-state index contributed by atoms with van der Waals surface area (Å²) in [7, 11) is 1.47. The first kappa shape index (κ1) is 18.0. The van der Waals surface area contributed by atoms with Gasteiger partial charge in [0.2, 0.25) is 0 Å². The quantitative estimate of drug-likeness (QED) is 0.447. The lowest BCUT2D eigenvalue weighted by molar-refractivity contribution is -0.167. The van der Waals surface area contributed by atoms with E-state index in [4.69, 9.17) is 9.15 Å². The SMILES string of the molecule is C=C1CC[C@@H]2[C@@](C)(CCC[C@@]2(C)C(=O)OC)[C@@H]1CC(=O)c1ccoc1. The van der Waals surface area contributed by atoms with Crippen LogP contribution in [0.5, 0.6) is 0 Å². The third-order valence-corrected chi connectivity index (χ3v) is 6.90. The molecule has 0 saturated heterocycles. The first-order valence-electron chi connectivity index (χ1n) is 9.14. The number of Topliss-reactive ketones (excluding diaryl/α,β-unsaturated/α-hetero) is 1. The van der Waals surface area contributed by atoms with Gasteiger partial charge in [-0.25, -0.2) is 0 Å². The number of carbonyl (C=O) groups is 2. The van der Waals surface area contributed by atoms with E-state index in [-0.39, 0.29) is 29.0 Å². The molecule has 0 radical (unpaired) electrons. The lowest BCUT2D eigenvalue weighted by Crippen LogP contribution is -2.54. The summed E-state index contributed by atoms with van der Waals surface area (Å²) in [6.07, 6.45) is 8.13. The highest BCUT2D eigenvalue weighted by atomic mass is 16.5. The van der Waals surface area contributed by atoms with Gasteiger partial charge in [0.15, 0.2) is 5.78 Å². The van der Waals surface area contributed by atoms with Gasteiger partial charge in [-0.3, -0.25) is 9.59 Å². The zero-order valence-corrected chi connectivity index (χ0v) is 15.5. The van der Waals surface area contributed by atoms with Crippen molar-refractivity contribution in [2.75, 3.05) is 7.11 Å². The molecule has 2 saturated carbocycles. The number of fused-ring (bicyclic) bond motifs is 1. The van der Waals surface area contributed by atoms with E-state index < -0.39 is 5.41 Å². The first-order valence-corrected chi connectivity index (χ1v) is 9.14. The zero-order valence-electron chi connectivity index (χ0n) is 15.5. The van der Waals surface area contributed by atoms with E-state index in [9.17, 15) is 9.59 Å². The second-order valence-corrected chi connectivity index (χ2v) is 8.21. The van der Waals surface area contributed by atoms with Crippen LogP contribution in [0.25, 0.3) is 0 Å². The highest BCUT2D eigenvalue weighted by molar-refractivity contribution is 5.96. The molecule has 0 unspecified atom stereocenters. The minimum atomic E-state index is -0.473. The number of rotatable bonds is 4. The van der Waals surface area contributed by atoms with E-state index in [0.29, 0.717) is 12.0 Å². The van der Waals surface area contributed by atoms with Gasteiger partial charge in [-0.2, -0.15) is 0 Å². The largest absolute Gasteiger partial charge is 0.472 e. The Kier molecular flexibility index (Phi) is 4.65. The predicted molar refractivity (Wildman–Crippen MR) is 95.1 cm³/mol. The fraction of sp³-hybridized carbons (Fsp3) is 0.619. The maximum Gasteiger partial charge on any atom is 0.311 e. The molecule has 0 amide bonds. The summed E-state index contributed by atoms with van der Waals surface area (Å²) in [6.45, 7) is 8.58. The molecule has 3 rings (SSSR count). The number of methoxy groups -OCH3 is 1. The van der Waals surface area contributed by atoms with E-state index in [1.54, 1.807) is 6.07 Å². The number of ketones is 1. The molecule has 0 bridgehead atoms. The molecule has 2 aliphatic carbocycles. The molecular formula is C21H28O4. The zero-order chi connectivity index (χ0) is 18.2. The molecule has 1 heterocycles. The van der Waals surface area contributed by atoms with Gasteiger partial charge in [-0.05, 0) is 55.9 Å². The van der Waals surface area contributed by atoms with Crippen molar-refractivity contribution >= 4 is 11.8 Å². The summed E-state index contributed by atoms with van der Waals surface area (Å²) >= 11 is 0. The summed E-state index contributed by atoms with van der Waals surface area (Å²) in [5.41, 5.74) is 1.18. The smallest absolute Gasteiger partial charge is 0.311 e. The third-order valence-electron chi connectivity index (χ3n) is 6.90. The normalized spacial score (nSPS) is 35.1. The van der Waals surface area contributed by atoms with Crippen LogP contribution >= 0.6 is 0 Å². The average molecular weight is 344 g/mol. The maximum atomic E-state index is 12.7.